The Bertz CT molecular complexity index is 236. The first-order valence-corrected chi connectivity index (χ1v) is 6.74. The van der Waals surface area contributed by atoms with Crippen LogP contribution in [0, 0.1) is 11.8 Å². The fraction of sp³-hybridized carbons (Fsp3) is 0.923. The number of amides is 1. The molecule has 2 saturated carbocycles. The monoisotopic (exact) mass is 260 g/mol. The summed E-state index contributed by atoms with van der Waals surface area (Å²) in [5.41, 5.74) is 0. The molecule has 100 valence electrons. The van der Waals surface area contributed by atoms with Crippen LogP contribution in [-0.2, 0) is 4.79 Å². The van der Waals surface area contributed by atoms with E-state index in [0.29, 0.717) is 12.6 Å². The van der Waals surface area contributed by atoms with E-state index in [0.717, 1.165) is 31.2 Å². The molecule has 2 N–H and O–H groups in total. The van der Waals surface area contributed by atoms with Crippen molar-refractivity contribution in [1.82, 2.24) is 10.6 Å². The van der Waals surface area contributed by atoms with E-state index in [1.807, 2.05) is 0 Å². The van der Waals surface area contributed by atoms with Crippen molar-refractivity contribution in [3.8, 4) is 0 Å². The standard InChI is InChI=1S/C13H24N2O.ClH/c1-10-2-6-12(7-3-10)15-13(16)9-14-8-11-4-5-11;/h10-12,14H,2-9H2,1H3,(H,15,16);1H. The van der Waals surface area contributed by atoms with Crippen LogP contribution in [0.4, 0.5) is 0 Å². The number of hydrogen-bond acceptors (Lipinski definition) is 2. The van der Waals surface area contributed by atoms with Gasteiger partial charge in [-0.25, -0.2) is 0 Å². The van der Waals surface area contributed by atoms with Gasteiger partial charge in [-0.3, -0.25) is 4.79 Å². The Labute approximate surface area is 111 Å². The summed E-state index contributed by atoms with van der Waals surface area (Å²) in [7, 11) is 0. The van der Waals surface area contributed by atoms with Crippen molar-refractivity contribution in [2.45, 2.75) is 51.5 Å². The Morgan fingerprint density at radius 3 is 2.35 bits per heavy atom. The Hall–Kier alpha value is -0.280. The third-order valence-electron chi connectivity index (χ3n) is 3.80. The highest BCUT2D eigenvalue weighted by Crippen LogP contribution is 2.27. The summed E-state index contributed by atoms with van der Waals surface area (Å²) < 4.78 is 0. The van der Waals surface area contributed by atoms with Crippen LogP contribution in [0.2, 0.25) is 0 Å². The fourth-order valence-electron chi connectivity index (χ4n) is 2.39. The van der Waals surface area contributed by atoms with E-state index in [4.69, 9.17) is 0 Å². The first-order chi connectivity index (χ1) is 7.74. The SMILES string of the molecule is CC1CCC(NC(=O)CNCC2CC2)CC1.Cl. The van der Waals surface area contributed by atoms with Crippen LogP contribution in [-0.4, -0.2) is 25.0 Å². The molecule has 4 heteroatoms. The van der Waals surface area contributed by atoms with Gasteiger partial charge in [-0.1, -0.05) is 6.92 Å². The summed E-state index contributed by atoms with van der Waals surface area (Å²) in [6.45, 7) is 3.83. The van der Waals surface area contributed by atoms with E-state index < -0.39 is 0 Å². The minimum absolute atomic E-state index is 0. The summed E-state index contributed by atoms with van der Waals surface area (Å²) in [6, 6.07) is 0.437. The minimum Gasteiger partial charge on any atom is -0.352 e. The number of carbonyl (C=O) groups excluding carboxylic acids is 1. The molecular weight excluding hydrogens is 236 g/mol. The molecule has 0 spiro atoms. The third kappa shape index (κ3) is 5.73. The van der Waals surface area contributed by atoms with Gasteiger partial charge in [0.05, 0.1) is 6.54 Å². The van der Waals surface area contributed by atoms with Gasteiger partial charge < -0.3 is 10.6 Å². The number of rotatable bonds is 5. The molecule has 0 atom stereocenters. The van der Waals surface area contributed by atoms with Gasteiger partial charge in [0.2, 0.25) is 5.91 Å². The second-order valence-corrected chi connectivity index (χ2v) is 5.60. The van der Waals surface area contributed by atoms with E-state index >= 15 is 0 Å². The van der Waals surface area contributed by atoms with Crippen LogP contribution in [0.1, 0.15) is 45.4 Å². The van der Waals surface area contributed by atoms with Crippen LogP contribution in [0.25, 0.3) is 0 Å². The molecule has 2 aliphatic rings. The van der Waals surface area contributed by atoms with Crippen LogP contribution in [0.3, 0.4) is 0 Å². The lowest BCUT2D eigenvalue weighted by Gasteiger charge is -2.26. The number of halogens is 1. The van der Waals surface area contributed by atoms with Gasteiger partial charge in [-0.15, -0.1) is 12.4 Å². The maximum atomic E-state index is 11.6. The van der Waals surface area contributed by atoms with Crippen LogP contribution >= 0.6 is 12.4 Å². The lowest BCUT2D eigenvalue weighted by atomic mass is 9.87. The molecule has 0 aliphatic heterocycles. The maximum Gasteiger partial charge on any atom is 0.234 e. The highest BCUT2D eigenvalue weighted by atomic mass is 35.5. The van der Waals surface area contributed by atoms with Crippen molar-refractivity contribution in [3.05, 3.63) is 0 Å². The normalized spacial score (nSPS) is 28.3. The van der Waals surface area contributed by atoms with E-state index in [2.05, 4.69) is 17.6 Å². The first-order valence-electron chi connectivity index (χ1n) is 6.74. The van der Waals surface area contributed by atoms with E-state index in [-0.39, 0.29) is 18.3 Å². The molecule has 0 aromatic rings. The van der Waals surface area contributed by atoms with Gasteiger partial charge in [0, 0.05) is 6.04 Å². The molecule has 0 aromatic carbocycles. The molecule has 0 radical (unpaired) electrons. The summed E-state index contributed by atoms with van der Waals surface area (Å²) >= 11 is 0. The Balaban J connectivity index is 0.00000144. The van der Waals surface area contributed by atoms with Crippen molar-refractivity contribution in [1.29, 1.82) is 0 Å². The highest BCUT2D eigenvalue weighted by Gasteiger charge is 2.22. The smallest absolute Gasteiger partial charge is 0.234 e. The van der Waals surface area contributed by atoms with Gasteiger partial charge in [-0.2, -0.15) is 0 Å². The van der Waals surface area contributed by atoms with Crippen molar-refractivity contribution >= 4 is 18.3 Å². The lowest BCUT2D eigenvalue weighted by molar-refractivity contribution is -0.121. The molecule has 17 heavy (non-hydrogen) atoms. The average molecular weight is 261 g/mol. The summed E-state index contributed by atoms with van der Waals surface area (Å²) in [5.74, 6) is 1.88. The minimum atomic E-state index is 0. The zero-order valence-corrected chi connectivity index (χ0v) is 11.5. The summed E-state index contributed by atoms with van der Waals surface area (Å²) in [4.78, 5) is 11.6. The molecule has 2 rings (SSSR count). The zero-order chi connectivity index (χ0) is 11.4. The van der Waals surface area contributed by atoms with Crippen molar-refractivity contribution in [2.75, 3.05) is 13.1 Å². The quantitative estimate of drug-likeness (QED) is 0.795. The highest BCUT2D eigenvalue weighted by molar-refractivity contribution is 5.85. The number of carbonyl (C=O) groups is 1. The predicted octanol–water partition coefficient (Wildman–Crippen LogP) is 2.10. The van der Waals surface area contributed by atoms with E-state index in [1.54, 1.807) is 0 Å². The van der Waals surface area contributed by atoms with Crippen molar-refractivity contribution in [2.24, 2.45) is 11.8 Å². The molecule has 3 nitrogen and oxygen atoms in total. The topological polar surface area (TPSA) is 41.1 Å². The molecule has 0 unspecified atom stereocenters. The molecule has 0 saturated heterocycles. The number of hydrogen-bond donors (Lipinski definition) is 2. The largest absolute Gasteiger partial charge is 0.352 e. The Morgan fingerprint density at radius 1 is 1.12 bits per heavy atom. The average Bonchev–Trinajstić information content (AvgIpc) is 3.05. The maximum absolute atomic E-state index is 11.6. The molecule has 0 bridgehead atoms. The second kappa shape index (κ2) is 7.22. The molecular formula is C13H25ClN2O. The van der Waals surface area contributed by atoms with Gasteiger partial charge in [-0.05, 0) is 56.9 Å². The first kappa shape index (κ1) is 14.8. The second-order valence-electron chi connectivity index (χ2n) is 5.60. The zero-order valence-electron chi connectivity index (χ0n) is 10.7. The summed E-state index contributed by atoms with van der Waals surface area (Å²) in [5, 5.41) is 6.37. The van der Waals surface area contributed by atoms with Crippen LogP contribution in [0.5, 0.6) is 0 Å². The van der Waals surface area contributed by atoms with Crippen molar-refractivity contribution < 1.29 is 4.79 Å². The third-order valence-corrected chi connectivity index (χ3v) is 3.80. The Morgan fingerprint density at radius 2 is 1.76 bits per heavy atom. The molecule has 1 amide bonds. The molecule has 0 heterocycles. The van der Waals surface area contributed by atoms with Gasteiger partial charge in [0.1, 0.15) is 0 Å². The lowest BCUT2D eigenvalue weighted by Crippen LogP contribution is -2.42. The molecule has 0 aromatic heterocycles. The fourth-order valence-corrected chi connectivity index (χ4v) is 2.39. The van der Waals surface area contributed by atoms with Crippen LogP contribution < -0.4 is 10.6 Å². The summed E-state index contributed by atoms with van der Waals surface area (Å²) in [6.07, 6.45) is 7.54. The predicted molar refractivity (Wildman–Crippen MR) is 72.4 cm³/mol. The number of nitrogens with one attached hydrogen (secondary N) is 2. The van der Waals surface area contributed by atoms with Gasteiger partial charge >= 0.3 is 0 Å². The molecule has 2 aliphatic carbocycles. The molecule has 2 fully saturated rings. The van der Waals surface area contributed by atoms with E-state index in [1.165, 1.54) is 25.7 Å². The van der Waals surface area contributed by atoms with E-state index in [9.17, 15) is 4.79 Å². The van der Waals surface area contributed by atoms with Gasteiger partial charge in [0.25, 0.3) is 0 Å². The van der Waals surface area contributed by atoms with Crippen molar-refractivity contribution in [3.63, 3.8) is 0 Å². The van der Waals surface area contributed by atoms with Gasteiger partial charge in [0.15, 0.2) is 0 Å². The Kier molecular flexibility index (Phi) is 6.28. The van der Waals surface area contributed by atoms with Crippen LogP contribution in [0.15, 0.2) is 0 Å².